The third-order valence-corrected chi connectivity index (χ3v) is 3.27. The summed E-state index contributed by atoms with van der Waals surface area (Å²) in [6.45, 7) is 7.43. The summed E-state index contributed by atoms with van der Waals surface area (Å²) in [4.78, 5) is 2.48. The van der Waals surface area contributed by atoms with E-state index in [1.807, 2.05) is 20.9 Å². The van der Waals surface area contributed by atoms with Crippen LogP contribution in [0.3, 0.4) is 0 Å². The molecule has 15 heavy (non-hydrogen) atoms. The Kier molecular flexibility index (Phi) is 4.56. The summed E-state index contributed by atoms with van der Waals surface area (Å²) in [5.41, 5.74) is -0.174. The predicted octanol–water partition coefficient (Wildman–Crippen LogP) is 1.61. The van der Waals surface area contributed by atoms with Crippen LogP contribution in [0.4, 0.5) is 0 Å². The van der Waals surface area contributed by atoms with Crippen molar-refractivity contribution in [3.63, 3.8) is 0 Å². The third kappa shape index (κ3) is 4.19. The van der Waals surface area contributed by atoms with Crippen LogP contribution in [0.5, 0.6) is 0 Å². The molecule has 1 rings (SSSR count). The molecule has 0 amide bonds. The third-order valence-electron chi connectivity index (χ3n) is 3.27. The molecule has 1 fully saturated rings. The molecular weight excluding hydrogens is 186 g/mol. The quantitative estimate of drug-likeness (QED) is 0.764. The van der Waals surface area contributed by atoms with Crippen molar-refractivity contribution < 1.29 is 0 Å². The number of nitriles is 1. The largest absolute Gasteiger partial charge is 0.316 e. The minimum absolute atomic E-state index is 0.174. The highest BCUT2D eigenvalue weighted by Gasteiger charge is 2.22. The van der Waals surface area contributed by atoms with Gasteiger partial charge in [0.25, 0.3) is 0 Å². The van der Waals surface area contributed by atoms with E-state index in [-0.39, 0.29) is 5.41 Å². The SMILES string of the molecule is CNC1CCCN(CCC(C)(C)C#N)C1. The minimum atomic E-state index is -0.174. The first-order valence-corrected chi connectivity index (χ1v) is 5.88. The molecule has 0 saturated carbocycles. The summed E-state index contributed by atoms with van der Waals surface area (Å²) in [6.07, 6.45) is 3.53. The van der Waals surface area contributed by atoms with Crippen molar-refractivity contribution >= 4 is 0 Å². The number of hydrogen-bond donors (Lipinski definition) is 1. The maximum Gasteiger partial charge on any atom is 0.0684 e. The van der Waals surface area contributed by atoms with Crippen LogP contribution in [0.1, 0.15) is 33.1 Å². The van der Waals surface area contributed by atoms with Gasteiger partial charge in [0.1, 0.15) is 0 Å². The number of likely N-dealkylation sites (N-methyl/N-ethyl adjacent to an activating group) is 1. The second-order valence-electron chi connectivity index (χ2n) is 5.17. The Hall–Kier alpha value is -0.590. The van der Waals surface area contributed by atoms with Crippen LogP contribution in [-0.4, -0.2) is 37.6 Å². The zero-order chi connectivity index (χ0) is 11.3. The minimum Gasteiger partial charge on any atom is -0.316 e. The fourth-order valence-corrected chi connectivity index (χ4v) is 1.99. The number of hydrogen-bond acceptors (Lipinski definition) is 3. The molecule has 0 radical (unpaired) electrons. The fraction of sp³-hybridized carbons (Fsp3) is 0.917. The van der Waals surface area contributed by atoms with Crippen LogP contribution in [0.25, 0.3) is 0 Å². The van der Waals surface area contributed by atoms with Gasteiger partial charge in [-0.05, 0) is 53.2 Å². The van der Waals surface area contributed by atoms with Crippen LogP contribution in [0, 0.1) is 16.7 Å². The monoisotopic (exact) mass is 209 g/mol. The van der Waals surface area contributed by atoms with Gasteiger partial charge in [-0.25, -0.2) is 0 Å². The van der Waals surface area contributed by atoms with Crippen molar-refractivity contribution in [1.29, 1.82) is 5.26 Å². The second-order valence-corrected chi connectivity index (χ2v) is 5.17. The number of rotatable bonds is 4. The maximum absolute atomic E-state index is 8.94. The Bertz CT molecular complexity index is 230. The van der Waals surface area contributed by atoms with Crippen LogP contribution in [0.15, 0.2) is 0 Å². The van der Waals surface area contributed by atoms with Crippen LogP contribution < -0.4 is 5.32 Å². The highest BCUT2D eigenvalue weighted by molar-refractivity contribution is 4.92. The van der Waals surface area contributed by atoms with Crippen LogP contribution in [0.2, 0.25) is 0 Å². The van der Waals surface area contributed by atoms with E-state index in [9.17, 15) is 0 Å². The van der Waals surface area contributed by atoms with Crippen molar-refractivity contribution in [2.45, 2.75) is 39.2 Å². The van der Waals surface area contributed by atoms with Gasteiger partial charge in [-0.2, -0.15) is 5.26 Å². The zero-order valence-electron chi connectivity index (χ0n) is 10.2. The molecule has 0 aromatic rings. The average Bonchev–Trinajstić information content (AvgIpc) is 2.27. The molecule has 3 nitrogen and oxygen atoms in total. The highest BCUT2D eigenvalue weighted by atomic mass is 15.2. The second kappa shape index (κ2) is 5.48. The van der Waals surface area contributed by atoms with Gasteiger partial charge in [0.2, 0.25) is 0 Å². The molecule has 1 aliphatic heterocycles. The van der Waals surface area contributed by atoms with E-state index in [4.69, 9.17) is 5.26 Å². The molecule has 1 N–H and O–H groups in total. The number of piperidine rings is 1. The zero-order valence-corrected chi connectivity index (χ0v) is 10.2. The first kappa shape index (κ1) is 12.5. The first-order valence-electron chi connectivity index (χ1n) is 5.88. The summed E-state index contributed by atoms with van der Waals surface area (Å²) in [7, 11) is 2.04. The molecule has 86 valence electrons. The molecule has 0 aliphatic carbocycles. The number of nitrogens with one attached hydrogen (secondary N) is 1. The summed E-state index contributed by atoms with van der Waals surface area (Å²) >= 11 is 0. The molecular formula is C12H23N3. The van der Waals surface area contributed by atoms with Crippen LogP contribution in [-0.2, 0) is 0 Å². The van der Waals surface area contributed by atoms with Crippen molar-refractivity contribution in [3.8, 4) is 6.07 Å². The van der Waals surface area contributed by atoms with Gasteiger partial charge in [-0.3, -0.25) is 0 Å². The molecule has 1 heterocycles. The average molecular weight is 209 g/mol. The van der Waals surface area contributed by atoms with Crippen molar-refractivity contribution in [2.75, 3.05) is 26.7 Å². The van der Waals surface area contributed by atoms with Crippen LogP contribution >= 0.6 is 0 Å². The standard InChI is InChI=1S/C12H23N3/c1-12(2,10-13)6-8-15-7-4-5-11(9-15)14-3/h11,14H,4-9H2,1-3H3. The van der Waals surface area contributed by atoms with E-state index in [2.05, 4.69) is 16.3 Å². The lowest BCUT2D eigenvalue weighted by molar-refractivity contribution is 0.179. The van der Waals surface area contributed by atoms with Gasteiger partial charge in [-0.1, -0.05) is 0 Å². The fourth-order valence-electron chi connectivity index (χ4n) is 1.99. The van der Waals surface area contributed by atoms with Crippen molar-refractivity contribution in [2.24, 2.45) is 5.41 Å². The topological polar surface area (TPSA) is 39.1 Å². The Labute approximate surface area is 93.5 Å². The summed E-state index contributed by atoms with van der Waals surface area (Å²) < 4.78 is 0. The lowest BCUT2D eigenvalue weighted by Gasteiger charge is -2.33. The smallest absolute Gasteiger partial charge is 0.0684 e. The Morgan fingerprint density at radius 3 is 2.87 bits per heavy atom. The summed E-state index contributed by atoms with van der Waals surface area (Å²) in [5.74, 6) is 0. The lowest BCUT2D eigenvalue weighted by Crippen LogP contribution is -2.45. The van der Waals surface area contributed by atoms with E-state index in [0.717, 1.165) is 19.5 Å². The van der Waals surface area contributed by atoms with Gasteiger partial charge < -0.3 is 10.2 Å². The van der Waals surface area contributed by atoms with E-state index in [1.54, 1.807) is 0 Å². The number of nitrogens with zero attached hydrogens (tertiary/aromatic N) is 2. The van der Waals surface area contributed by atoms with Crippen molar-refractivity contribution in [3.05, 3.63) is 0 Å². The first-order chi connectivity index (χ1) is 7.07. The van der Waals surface area contributed by atoms with E-state index in [0.29, 0.717) is 6.04 Å². The molecule has 0 spiro atoms. The molecule has 1 aliphatic rings. The molecule has 0 bridgehead atoms. The molecule has 1 unspecified atom stereocenters. The summed E-state index contributed by atoms with van der Waals surface area (Å²) in [5, 5.41) is 12.3. The maximum atomic E-state index is 8.94. The lowest BCUT2D eigenvalue weighted by atomic mass is 9.91. The summed E-state index contributed by atoms with van der Waals surface area (Å²) in [6, 6.07) is 3.01. The molecule has 0 aromatic heterocycles. The van der Waals surface area contributed by atoms with E-state index < -0.39 is 0 Å². The molecule has 1 atom stereocenters. The van der Waals surface area contributed by atoms with Gasteiger partial charge in [0, 0.05) is 12.6 Å². The van der Waals surface area contributed by atoms with Gasteiger partial charge in [-0.15, -0.1) is 0 Å². The van der Waals surface area contributed by atoms with E-state index >= 15 is 0 Å². The highest BCUT2D eigenvalue weighted by Crippen LogP contribution is 2.20. The van der Waals surface area contributed by atoms with Gasteiger partial charge in [0.15, 0.2) is 0 Å². The molecule has 0 aromatic carbocycles. The normalized spacial score (nSPS) is 23.7. The van der Waals surface area contributed by atoms with E-state index in [1.165, 1.54) is 19.4 Å². The Morgan fingerprint density at radius 2 is 2.27 bits per heavy atom. The Morgan fingerprint density at radius 1 is 1.53 bits per heavy atom. The molecule has 3 heteroatoms. The van der Waals surface area contributed by atoms with Gasteiger partial charge >= 0.3 is 0 Å². The molecule has 1 saturated heterocycles. The van der Waals surface area contributed by atoms with Gasteiger partial charge in [0.05, 0.1) is 11.5 Å². The Balaban J connectivity index is 2.30. The van der Waals surface area contributed by atoms with Crippen molar-refractivity contribution in [1.82, 2.24) is 10.2 Å². The number of likely N-dealkylation sites (tertiary alicyclic amines) is 1. The predicted molar refractivity (Wildman–Crippen MR) is 62.5 cm³/mol.